The fraction of sp³-hybridized carbons (Fsp3) is 0.0938. The van der Waals surface area contributed by atoms with Crippen molar-refractivity contribution in [3.05, 3.63) is 149 Å². The molecule has 0 bridgehead atoms. The van der Waals surface area contributed by atoms with Crippen LogP contribution in [0.3, 0.4) is 0 Å². The topological polar surface area (TPSA) is 0 Å². The Kier molecular flexibility index (Phi) is 9.82. The maximum atomic E-state index is 3.65. The van der Waals surface area contributed by atoms with Gasteiger partial charge >= 0.3 is 99.2 Å². The van der Waals surface area contributed by atoms with E-state index in [9.17, 15) is 0 Å². The molecule has 0 radical (unpaired) electrons. The van der Waals surface area contributed by atoms with Gasteiger partial charge in [0.25, 0.3) is 0 Å². The van der Waals surface area contributed by atoms with Crippen LogP contribution in [0.25, 0.3) is 16.7 Å². The monoisotopic (exact) mass is 569 g/mol. The first-order valence-corrected chi connectivity index (χ1v) is 12.6. The fourth-order valence-corrected chi connectivity index (χ4v) is 5.42. The van der Waals surface area contributed by atoms with E-state index in [1.54, 1.807) is 0 Å². The molecule has 4 aromatic carbocycles. The van der Waals surface area contributed by atoms with E-state index in [0.717, 1.165) is 12.8 Å². The number of hydrogen-bond acceptors (Lipinski definition) is 0. The Bertz CT molecular complexity index is 1330. The summed E-state index contributed by atoms with van der Waals surface area (Å²) in [6, 6.07) is 35.8. The fourth-order valence-electron chi connectivity index (χ4n) is 4.60. The summed E-state index contributed by atoms with van der Waals surface area (Å²) in [6.45, 7) is 2.22. The Hall–Kier alpha value is -2.31. The molecule has 6 rings (SSSR count). The molecule has 0 saturated carbocycles. The number of halogens is 2. The van der Waals surface area contributed by atoms with Crippen LogP contribution in [0.5, 0.6) is 0 Å². The second kappa shape index (κ2) is 12.6. The zero-order chi connectivity index (χ0) is 22.6. The van der Waals surface area contributed by atoms with E-state index < -0.39 is 0 Å². The summed E-state index contributed by atoms with van der Waals surface area (Å²) in [5.74, 6) is 0. The first-order chi connectivity index (χ1) is 16.2. The maximum absolute atomic E-state index is 3.65. The molecule has 0 N–H and O–H groups in total. The van der Waals surface area contributed by atoms with Crippen molar-refractivity contribution in [1.82, 2.24) is 0 Å². The molecule has 0 heterocycles. The summed E-state index contributed by atoms with van der Waals surface area (Å²) >= 11 is 1.46. The third-order valence-corrected chi connectivity index (χ3v) is 7.66. The van der Waals surface area contributed by atoms with E-state index in [1.165, 1.54) is 77.5 Å². The Morgan fingerprint density at radius 3 is 2.00 bits per heavy atom. The number of allylic oxidation sites excluding steroid dienone is 4. The number of aryl methyl sites for hydroxylation is 1. The van der Waals surface area contributed by atoms with Gasteiger partial charge in [0.2, 0.25) is 0 Å². The van der Waals surface area contributed by atoms with E-state index >= 15 is 0 Å². The number of rotatable bonds is 3. The molecule has 172 valence electrons. The zero-order valence-corrected chi connectivity index (χ0v) is 23.5. The molecule has 35 heavy (non-hydrogen) atoms. The van der Waals surface area contributed by atoms with Gasteiger partial charge in [-0.15, -0.1) is 40.5 Å². The van der Waals surface area contributed by atoms with Crippen molar-refractivity contribution in [1.29, 1.82) is 0 Å². The van der Waals surface area contributed by atoms with Gasteiger partial charge in [-0.1, -0.05) is 54.5 Å². The Balaban J connectivity index is 0.000000193. The minimum absolute atomic E-state index is 0. The van der Waals surface area contributed by atoms with E-state index in [4.69, 9.17) is 0 Å². The van der Waals surface area contributed by atoms with Crippen LogP contribution in [0.1, 0.15) is 39.8 Å². The predicted octanol–water partition coefficient (Wildman–Crippen LogP) is 1.52. The van der Waals surface area contributed by atoms with Crippen molar-refractivity contribution in [2.45, 2.75) is 19.8 Å². The number of hydrogen-bond donors (Lipinski definition) is 0. The first-order valence-electron chi connectivity index (χ1n) is 11.4. The molecule has 0 unspecified atom stereocenters. The first kappa shape index (κ1) is 27.3. The molecular weight excluding hydrogens is 546 g/mol. The van der Waals surface area contributed by atoms with Gasteiger partial charge < -0.3 is 24.8 Å². The minimum atomic E-state index is 0. The summed E-state index contributed by atoms with van der Waals surface area (Å²) in [7, 11) is 0. The molecule has 0 nitrogen and oxygen atoms in total. The molecule has 3 heteroatoms. The molecule has 2 aliphatic rings. The summed E-state index contributed by atoms with van der Waals surface area (Å²) < 4.78 is 1.42. The molecule has 2 aliphatic carbocycles. The van der Waals surface area contributed by atoms with Crippen LogP contribution in [0.15, 0.2) is 109 Å². The molecular formula is C32H25Cl2Zr-. The van der Waals surface area contributed by atoms with Crippen LogP contribution in [0.2, 0.25) is 0 Å². The van der Waals surface area contributed by atoms with E-state index in [-0.39, 0.29) is 24.8 Å². The summed E-state index contributed by atoms with van der Waals surface area (Å²) in [5.41, 5.74) is 12.3. The summed E-state index contributed by atoms with van der Waals surface area (Å²) in [5, 5.41) is 0. The van der Waals surface area contributed by atoms with E-state index in [1.807, 2.05) is 0 Å². The molecule has 0 amide bonds. The van der Waals surface area contributed by atoms with Crippen molar-refractivity contribution in [3.63, 3.8) is 0 Å². The number of benzene rings is 4. The predicted molar refractivity (Wildman–Crippen MR) is 136 cm³/mol. The van der Waals surface area contributed by atoms with Crippen LogP contribution in [0.4, 0.5) is 0 Å². The second-order valence-electron chi connectivity index (χ2n) is 8.48. The van der Waals surface area contributed by atoms with Gasteiger partial charge in [0.15, 0.2) is 0 Å². The van der Waals surface area contributed by atoms with Gasteiger partial charge in [0, 0.05) is 0 Å². The quantitative estimate of drug-likeness (QED) is 0.288. The van der Waals surface area contributed by atoms with E-state index in [0.29, 0.717) is 0 Å². The number of fused-ring (bicyclic) bond motifs is 3. The van der Waals surface area contributed by atoms with Gasteiger partial charge in [0.05, 0.1) is 0 Å². The molecule has 0 atom stereocenters. The standard InChI is InChI=1S/C19H15.C13H10.2ClH.Zr/c1-13-10-16(14-6-2-3-7-14)12-17-11-15-8-4-5-9-18(15)19(13)17;1-3-7-12(8-4-1)11-13-9-5-2-6-10-13;;;/h2-6,8-10H,7,11H2,1H3;1-10H;2*1H;/q-1;;;;+2/p-2. The molecule has 0 fully saturated rings. The normalized spacial score (nSPS) is 12.3. The van der Waals surface area contributed by atoms with Crippen molar-refractivity contribution < 1.29 is 49.0 Å². The third-order valence-electron chi connectivity index (χ3n) is 6.24. The third kappa shape index (κ3) is 6.10. The van der Waals surface area contributed by atoms with Crippen LogP contribution in [0, 0.1) is 13.0 Å². The Morgan fingerprint density at radius 1 is 0.800 bits per heavy atom. The second-order valence-corrected chi connectivity index (χ2v) is 9.71. The van der Waals surface area contributed by atoms with Gasteiger partial charge in [0.1, 0.15) is 0 Å². The summed E-state index contributed by atoms with van der Waals surface area (Å²) in [4.78, 5) is 0. The van der Waals surface area contributed by atoms with Crippen molar-refractivity contribution >= 4 is 8.78 Å². The van der Waals surface area contributed by atoms with Crippen molar-refractivity contribution in [2.24, 2.45) is 0 Å². The molecule has 0 saturated heterocycles. The summed E-state index contributed by atoms with van der Waals surface area (Å²) in [6.07, 6.45) is 8.63. The van der Waals surface area contributed by atoms with Crippen LogP contribution >= 0.6 is 0 Å². The van der Waals surface area contributed by atoms with Crippen molar-refractivity contribution in [2.75, 3.05) is 0 Å². The van der Waals surface area contributed by atoms with Gasteiger partial charge in [-0.25, -0.2) is 0 Å². The molecule has 4 aromatic rings. The molecule has 0 spiro atoms. The van der Waals surface area contributed by atoms with Gasteiger partial charge in [-0.2, -0.15) is 0 Å². The SMILES string of the molecule is Cc1cc(C2=CC=CC2)[c-]c2c1-c1ccccc1C2.[Cl-].[Cl-].[Zr+2]=[C](c1ccccc1)c1ccccc1. The average molecular weight is 572 g/mol. The van der Waals surface area contributed by atoms with Gasteiger partial charge in [-0.3, -0.25) is 0 Å². The Morgan fingerprint density at radius 2 is 1.40 bits per heavy atom. The molecule has 0 aromatic heterocycles. The zero-order valence-electron chi connectivity index (χ0n) is 19.6. The van der Waals surface area contributed by atoms with Crippen LogP contribution in [-0.2, 0) is 30.7 Å². The van der Waals surface area contributed by atoms with Crippen LogP contribution < -0.4 is 24.8 Å². The Labute approximate surface area is 236 Å². The average Bonchev–Trinajstić information content (AvgIpc) is 3.53. The molecule has 0 aliphatic heterocycles. The van der Waals surface area contributed by atoms with E-state index in [2.05, 4.69) is 122 Å². The van der Waals surface area contributed by atoms with Crippen LogP contribution in [-0.4, -0.2) is 3.21 Å². The van der Waals surface area contributed by atoms with Crippen molar-refractivity contribution in [3.8, 4) is 11.1 Å². The van der Waals surface area contributed by atoms with Gasteiger partial charge in [-0.05, 0) is 18.4 Å².